The van der Waals surface area contributed by atoms with Crippen LogP contribution in [0.1, 0.15) is 184 Å². The van der Waals surface area contributed by atoms with E-state index < -0.39 is 162 Å². The predicted molar refractivity (Wildman–Crippen MR) is 353 cm³/mol. The summed E-state index contributed by atoms with van der Waals surface area (Å²) < 4.78 is 48.1. The zero-order valence-corrected chi connectivity index (χ0v) is 60.1. The average molecular weight is 1370 g/mol. The summed E-state index contributed by atoms with van der Waals surface area (Å²) in [7, 11) is 10.2. The molecule has 0 radical (unpaired) electrons. The summed E-state index contributed by atoms with van der Waals surface area (Å²) in [6.45, 7) is 13.2. The average Bonchev–Trinajstić information content (AvgIpc) is 1.70. The number of carbonyl (C=O) groups is 11. The van der Waals surface area contributed by atoms with Crippen molar-refractivity contribution in [2.24, 2.45) is 35.5 Å². The van der Waals surface area contributed by atoms with Crippen molar-refractivity contribution in [3.8, 4) is 0 Å². The number of hydrogen-bond acceptors (Lipinski definition) is 12. The highest BCUT2D eigenvalue weighted by Crippen LogP contribution is 2.44. The number of hydrogen-bond donors (Lipinski definition) is 3. The Labute approximate surface area is 567 Å². The molecular formula is C68H113ClF3N11O12. The summed E-state index contributed by atoms with van der Waals surface area (Å²) >= 11 is 6.40. The Hall–Kier alpha value is -5.79. The van der Waals surface area contributed by atoms with Crippen LogP contribution in [0.4, 0.5) is 13.2 Å². The first-order valence-corrected chi connectivity index (χ1v) is 35.2. The molecule has 0 aromatic rings. The van der Waals surface area contributed by atoms with E-state index in [-0.39, 0.29) is 114 Å². The van der Waals surface area contributed by atoms with Crippen molar-refractivity contribution in [2.75, 3.05) is 82.1 Å². The topological polar surface area (TPSA) is 259 Å². The lowest BCUT2D eigenvalue weighted by molar-refractivity contribution is -0.182. The van der Waals surface area contributed by atoms with Gasteiger partial charge in [0.2, 0.25) is 65.0 Å². The molecule has 3 N–H and O–H groups in total. The molecule has 3 aliphatic carbocycles. The standard InChI is InChI=1S/C68H113ClF3N11O12/c1-16-43(7)59-65(93)78(11)39-57(86)76(9)40-58(87)81(14)54(35-45-23-19-18-20-24-45)63(91)77(10)38-55(84)73-50(28-26-46-25-27-48(49(69)34-46)68(70,71)72)62(90)83-37-47(95-17-2)36-52(83)61(89)75-67(29-21-22-30-67)66(94)82(15)53(32-42(5)6)64(92)79(12)44(8)33-56(85)80(13)51(31-41(3)4)60(88)74-59/h41-54,59H,16-40H2,1-15H3,(H,73,84)(H,74,88)(H,75,89)/t43-,44+,46?,47+,48?,49?,50-,51-,52-,53-,54-,59-/m0/s1. The molecule has 23 nitrogen and oxygen atoms in total. The number of carbonyl (C=O) groups excluding carboxylic acids is 11. The Balaban J connectivity index is 1.58. The zero-order chi connectivity index (χ0) is 71.1. The van der Waals surface area contributed by atoms with Gasteiger partial charge in [-0.3, -0.25) is 52.7 Å². The predicted octanol–water partition coefficient (Wildman–Crippen LogP) is 5.97. The molecule has 95 heavy (non-hydrogen) atoms. The van der Waals surface area contributed by atoms with Crippen LogP contribution >= 0.6 is 11.6 Å². The van der Waals surface area contributed by atoms with Crippen LogP contribution in [0.15, 0.2) is 0 Å². The highest BCUT2D eigenvalue weighted by atomic mass is 35.5. The fourth-order valence-electron chi connectivity index (χ4n) is 14.5. The summed E-state index contributed by atoms with van der Waals surface area (Å²) in [4.78, 5) is 172. The molecule has 5 fully saturated rings. The molecule has 0 aromatic heterocycles. The maximum absolute atomic E-state index is 15.4. The largest absolute Gasteiger partial charge is 0.393 e. The highest BCUT2D eigenvalue weighted by molar-refractivity contribution is 6.20. The van der Waals surface area contributed by atoms with Gasteiger partial charge in [-0.25, -0.2) is 0 Å². The molecule has 3 unspecified atom stereocenters. The number of amides is 11. The monoisotopic (exact) mass is 1370 g/mol. The van der Waals surface area contributed by atoms with E-state index in [0.717, 1.165) is 41.9 Å². The van der Waals surface area contributed by atoms with E-state index in [9.17, 15) is 51.5 Å². The minimum atomic E-state index is -4.51. The van der Waals surface area contributed by atoms with Gasteiger partial charge in [0.15, 0.2) is 0 Å². The van der Waals surface area contributed by atoms with Crippen LogP contribution < -0.4 is 16.0 Å². The molecule has 27 heteroatoms. The molecule has 2 saturated heterocycles. The van der Waals surface area contributed by atoms with Crippen LogP contribution in [0.25, 0.3) is 0 Å². The van der Waals surface area contributed by atoms with E-state index in [4.69, 9.17) is 16.3 Å². The minimum absolute atomic E-state index is 0.000625. The molecule has 3 saturated carbocycles. The molecule has 11 amide bonds. The van der Waals surface area contributed by atoms with Crippen molar-refractivity contribution in [1.82, 2.24) is 55.1 Å². The number of alkyl halides is 4. The zero-order valence-electron chi connectivity index (χ0n) is 59.3. The number of nitrogens with one attached hydrogen (secondary N) is 3. The van der Waals surface area contributed by atoms with Gasteiger partial charge in [-0.05, 0) is 108 Å². The van der Waals surface area contributed by atoms with Crippen molar-refractivity contribution in [1.29, 1.82) is 0 Å². The van der Waals surface area contributed by atoms with Crippen molar-refractivity contribution in [3.63, 3.8) is 0 Å². The number of nitrogens with zero attached hydrogens (tertiary/aromatic N) is 8. The van der Waals surface area contributed by atoms with Crippen LogP contribution in [0.5, 0.6) is 0 Å². The van der Waals surface area contributed by atoms with E-state index in [0.29, 0.717) is 19.3 Å². The fraction of sp³-hybridized carbons (Fsp3) is 0.838. The lowest BCUT2D eigenvalue weighted by Gasteiger charge is -2.40. The number of halogens is 4. The second-order valence-corrected chi connectivity index (χ2v) is 29.7. The third-order valence-electron chi connectivity index (χ3n) is 20.9. The Morgan fingerprint density at radius 1 is 0.600 bits per heavy atom. The lowest BCUT2D eigenvalue weighted by atomic mass is 9.78. The molecule has 2 aliphatic heterocycles. The van der Waals surface area contributed by atoms with Gasteiger partial charge in [0.25, 0.3) is 0 Å². The smallest absolute Gasteiger partial charge is 0.377 e. The van der Waals surface area contributed by atoms with Gasteiger partial charge in [-0.2, -0.15) is 13.2 Å². The first-order valence-electron chi connectivity index (χ1n) is 34.8. The third-order valence-corrected chi connectivity index (χ3v) is 21.4. The summed E-state index contributed by atoms with van der Waals surface area (Å²) in [5.74, 6) is -9.38. The summed E-state index contributed by atoms with van der Waals surface area (Å²) in [6.07, 6.45) is 1.55. The number of rotatable bonds is 13. The van der Waals surface area contributed by atoms with Crippen LogP contribution in [0.3, 0.4) is 0 Å². The SMILES string of the molecule is CCO[C@@H]1C[C@H]2C(=O)NC3(CCCC3)C(=O)N(C)[C@@H](CC(C)C)C(=O)N(C)[C@H](C)CC(=O)N(C)[C@@H](CC(C)C)C(=O)N[C@@H]([C@@H](C)CC)C(=O)N(C)CC(=O)N(C)CC(=O)N(C)[C@@H](CC3CCCCC3)C(=O)N(C)CC(=O)N[C@@H](CCC3CCC(C(F)(F)F)C(Cl)C3)C(=O)N2C1. The minimum Gasteiger partial charge on any atom is -0.377 e. The van der Waals surface area contributed by atoms with Crippen LogP contribution in [0, 0.1) is 35.5 Å². The maximum atomic E-state index is 15.4. The molecule has 2 heterocycles. The molecule has 5 rings (SSSR count). The molecule has 0 aromatic carbocycles. The lowest BCUT2D eigenvalue weighted by Crippen LogP contribution is -2.64. The Bertz CT molecular complexity index is 2680. The van der Waals surface area contributed by atoms with Crippen LogP contribution in [0.2, 0.25) is 0 Å². The van der Waals surface area contributed by atoms with E-state index >= 15 is 14.4 Å². The number of fused-ring (bicyclic) bond motifs is 1. The van der Waals surface area contributed by atoms with Gasteiger partial charge in [-0.15, -0.1) is 11.6 Å². The van der Waals surface area contributed by atoms with Crippen LogP contribution in [-0.2, 0) is 57.5 Å². The summed E-state index contributed by atoms with van der Waals surface area (Å²) in [6, 6.07) is -7.77. The molecule has 12 atom stereocenters. The first kappa shape index (κ1) is 79.9. The van der Waals surface area contributed by atoms with Gasteiger partial charge < -0.3 is 59.9 Å². The normalized spacial score (nSPS) is 29.8. The molecule has 5 aliphatic rings. The Kier molecular flexibility index (Phi) is 30.0. The van der Waals surface area contributed by atoms with E-state index in [1.165, 1.54) is 71.7 Å². The van der Waals surface area contributed by atoms with Crippen molar-refractivity contribution in [2.45, 2.75) is 249 Å². The maximum Gasteiger partial charge on any atom is 0.393 e. The van der Waals surface area contributed by atoms with Gasteiger partial charge in [0.1, 0.15) is 41.8 Å². The highest BCUT2D eigenvalue weighted by Gasteiger charge is 2.52. The molecule has 540 valence electrons. The Morgan fingerprint density at radius 3 is 1.77 bits per heavy atom. The second-order valence-electron chi connectivity index (χ2n) is 29.1. The van der Waals surface area contributed by atoms with Crippen molar-refractivity contribution >= 4 is 76.6 Å². The molecule has 0 bridgehead atoms. The van der Waals surface area contributed by atoms with E-state index in [1.807, 2.05) is 34.6 Å². The fourth-order valence-corrected chi connectivity index (χ4v) is 15.0. The van der Waals surface area contributed by atoms with Crippen molar-refractivity contribution < 1.29 is 70.6 Å². The summed E-state index contributed by atoms with van der Waals surface area (Å²) in [5.41, 5.74) is -1.53. The van der Waals surface area contributed by atoms with Gasteiger partial charge in [-0.1, -0.05) is 92.9 Å². The Morgan fingerprint density at radius 2 is 1.19 bits per heavy atom. The van der Waals surface area contributed by atoms with E-state index in [1.54, 1.807) is 27.8 Å². The van der Waals surface area contributed by atoms with Crippen LogP contribution in [-0.4, -0.2) is 252 Å². The van der Waals surface area contributed by atoms with Crippen molar-refractivity contribution in [3.05, 3.63) is 0 Å². The summed E-state index contributed by atoms with van der Waals surface area (Å²) in [5, 5.41) is 7.57. The van der Waals surface area contributed by atoms with E-state index in [2.05, 4.69) is 16.0 Å². The van der Waals surface area contributed by atoms with Gasteiger partial charge in [0, 0.05) is 86.7 Å². The number of likely N-dealkylation sites (N-methyl/N-ethyl adjacent to an activating group) is 7. The molecule has 1 spiro atoms. The third kappa shape index (κ3) is 21.4. The first-order chi connectivity index (χ1) is 44.5. The quantitative estimate of drug-likeness (QED) is 0.180. The van der Waals surface area contributed by atoms with Gasteiger partial charge >= 0.3 is 6.18 Å². The molecular weight excluding hydrogens is 1260 g/mol. The number of ether oxygens (including phenoxy) is 1. The van der Waals surface area contributed by atoms with Gasteiger partial charge in [0.05, 0.1) is 31.7 Å². The second kappa shape index (κ2) is 35.6.